The molecular formula is C13H21ClN2O. The van der Waals surface area contributed by atoms with Crippen LogP contribution in [0.2, 0.25) is 0 Å². The van der Waals surface area contributed by atoms with Crippen molar-refractivity contribution in [3.05, 3.63) is 34.9 Å². The van der Waals surface area contributed by atoms with Gasteiger partial charge in [0.15, 0.2) is 0 Å². The Balaban J connectivity index is 0.00000256. The maximum absolute atomic E-state index is 11.9. The Morgan fingerprint density at radius 1 is 1.41 bits per heavy atom. The van der Waals surface area contributed by atoms with E-state index in [-0.39, 0.29) is 18.3 Å². The topological polar surface area (TPSA) is 55.1 Å². The second kappa shape index (κ2) is 7.30. The standard InChI is InChI=1S/C13H20N2O.ClH/c1-9-4-5-11(3)12(6-9)13(16)15-8-10(2)7-14;/h4-6,10H,7-8,14H2,1-3H3,(H,15,16);1H. The lowest BCUT2D eigenvalue weighted by molar-refractivity contribution is 0.0948. The van der Waals surface area contributed by atoms with Crippen molar-refractivity contribution in [1.29, 1.82) is 0 Å². The second-order valence-corrected chi connectivity index (χ2v) is 4.37. The lowest BCUT2D eigenvalue weighted by Gasteiger charge is -2.11. The monoisotopic (exact) mass is 256 g/mol. The van der Waals surface area contributed by atoms with Crippen LogP contribution >= 0.6 is 12.4 Å². The van der Waals surface area contributed by atoms with Gasteiger partial charge in [0.05, 0.1) is 0 Å². The highest BCUT2D eigenvalue weighted by molar-refractivity contribution is 5.95. The number of nitrogens with one attached hydrogen (secondary N) is 1. The van der Waals surface area contributed by atoms with Gasteiger partial charge in [-0.2, -0.15) is 0 Å². The minimum Gasteiger partial charge on any atom is -0.352 e. The molecule has 0 aliphatic carbocycles. The molecule has 0 spiro atoms. The zero-order chi connectivity index (χ0) is 12.1. The Morgan fingerprint density at radius 3 is 2.65 bits per heavy atom. The lowest BCUT2D eigenvalue weighted by atomic mass is 10.0. The zero-order valence-electron chi connectivity index (χ0n) is 10.6. The van der Waals surface area contributed by atoms with Crippen molar-refractivity contribution in [2.24, 2.45) is 11.7 Å². The molecule has 0 fully saturated rings. The van der Waals surface area contributed by atoms with Gasteiger partial charge < -0.3 is 11.1 Å². The van der Waals surface area contributed by atoms with Crippen LogP contribution in [0.15, 0.2) is 18.2 Å². The number of carbonyl (C=O) groups is 1. The van der Waals surface area contributed by atoms with Gasteiger partial charge in [0.1, 0.15) is 0 Å². The highest BCUT2D eigenvalue weighted by atomic mass is 35.5. The molecule has 1 rings (SSSR count). The van der Waals surface area contributed by atoms with E-state index >= 15 is 0 Å². The molecule has 0 bridgehead atoms. The number of rotatable bonds is 4. The molecule has 0 heterocycles. The fourth-order valence-corrected chi connectivity index (χ4v) is 1.43. The normalized spacial score (nSPS) is 11.5. The van der Waals surface area contributed by atoms with Crippen LogP contribution in [0, 0.1) is 19.8 Å². The highest BCUT2D eigenvalue weighted by Crippen LogP contribution is 2.10. The van der Waals surface area contributed by atoms with Crippen molar-refractivity contribution in [2.45, 2.75) is 20.8 Å². The van der Waals surface area contributed by atoms with Crippen molar-refractivity contribution in [1.82, 2.24) is 5.32 Å². The molecule has 96 valence electrons. The molecule has 1 atom stereocenters. The molecule has 17 heavy (non-hydrogen) atoms. The quantitative estimate of drug-likeness (QED) is 0.866. The van der Waals surface area contributed by atoms with Crippen LogP contribution in [-0.4, -0.2) is 19.0 Å². The van der Waals surface area contributed by atoms with E-state index in [0.29, 0.717) is 19.0 Å². The predicted octanol–water partition coefficient (Wildman–Crippen LogP) is 2.05. The second-order valence-electron chi connectivity index (χ2n) is 4.37. The number of aryl methyl sites for hydroxylation is 2. The largest absolute Gasteiger partial charge is 0.352 e. The van der Waals surface area contributed by atoms with Gasteiger partial charge in [-0.15, -0.1) is 12.4 Å². The average Bonchev–Trinajstić information content (AvgIpc) is 2.28. The lowest BCUT2D eigenvalue weighted by Crippen LogP contribution is -2.31. The summed E-state index contributed by atoms with van der Waals surface area (Å²) in [5.74, 6) is 0.301. The third-order valence-corrected chi connectivity index (χ3v) is 2.65. The molecule has 0 aliphatic heterocycles. The van der Waals surface area contributed by atoms with Crippen molar-refractivity contribution in [3.63, 3.8) is 0 Å². The number of nitrogens with two attached hydrogens (primary N) is 1. The average molecular weight is 257 g/mol. The molecular weight excluding hydrogens is 236 g/mol. The Kier molecular flexibility index (Phi) is 6.85. The van der Waals surface area contributed by atoms with Crippen LogP contribution in [0.25, 0.3) is 0 Å². The number of halogens is 1. The summed E-state index contributed by atoms with van der Waals surface area (Å²) >= 11 is 0. The summed E-state index contributed by atoms with van der Waals surface area (Å²) in [5, 5.41) is 2.90. The third-order valence-electron chi connectivity index (χ3n) is 2.65. The molecule has 0 aliphatic rings. The number of hydrogen-bond acceptors (Lipinski definition) is 2. The van der Waals surface area contributed by atoms with Gasteiger partial charge in [0.25, 0.3) is 5.91 Å². The van der Waals surface area contributed by atoms with Gasteiger partial charge >= 0.3 is 0 Å². The van der Waals surface area contributed by atoms with E-state index in [1.807, 2.05) is 39.0 Å². The summed E-state index contributed by atoms with van der Waals surface area (Å²) in [6, 6.07) is 5.89. The van der Waals surface area contributed by atoms with E-state index in [1.54, 1.807) is 0 Å². The van der Waals surface area contributed by atoms with Crippen molar-refractivity contribution < 1.29 is 4.79 Å². The van der Waals surface area contributed by atoms with Gasteiger partial charge in [-0.1, -0.05) is 24.6 Å². The first-order valence-electron chi connectivity index (χ1n) is 5.60. The molecule has 0 saturated carbocycles. The van der Waals surface area contributed by atoms with E-state index in [9.17, 15) is 4.79 Å². The van der Waals surface area contributed by atoms with Crippen LogP contribution < -0.4 is 11.1 Å². The fourth-order valence-electron chi connectivity index (χ4n) is 1.43. The maximum Gasteiger partial charge on any atom is 0.251 e. The van der Waals surface area contributed by atoms with Gasteiger partial charge in [-0.3, -0.25) is 4.79 Å². The Morgan fingerprint density at radius 2 is 2.06 bits per heavy atom. The zero-order valence-corrected chi connectivity index (χ0v) is 11.4. The summed E-state index contributed by atoms with van der Waals surface area (Å²) in [7, 11) is 0. The SMILES string of the molecule is Cc1ccc(C)c(C(=O)NCC(C)CN)c1.Cl. The van der Waals surface area contributed by atoms with Gasteiger partial charge in [0, 0.05) is 12.1 Å². The summed E-state index contributed by atoms with van der Waals surface area (Å²) in [5.41, 5.74) is 8.36. The summed E-state index contributed by atoms with van der Waals surface area (Å²) in [6.45, 7) is 7.17. The first-order valence-corrected chi connectivity index (χ1v) is 5.60. The van der Waals surface area contributed by atoms with Gasteiger partial charge in [0.2, 0.25) is 0 Å². The molecule has 1 aromatic carbocycles. The van der Waals surface area contributed by atoms with Crippen LogP contribution in [0.1, 0.15) is 28.4 Å². The summed E-state index contributed by atoms with van der Waals surface area (Å²) < 4.78 is 0. The molecule has 1 unspecified atom stereocenters. The molecule has 1 aromatic rings. The fraction of sp³-hybridized carbons (Fsp3) is 0.462. The Hall–Kier alpha value is -1.06. The van der Waals surface area contributed by atoms with E-state index in [0.717, 1.165) is 16.7 Å². The molecule has 3 N–H and O–H groups in total. The van der Waals surface area contributed by atoms with Crippen molar-refractivity contribution >= 4 is 18.3 Å². The van der Waals surface area contributed by atoms with Gasteiger partial charge in [-0.25, -0.2) is 0 Å². The number of benzene rings is 1. The molecule has 3 nitrogen and oxygen atoms in total. The molecule has 0 aromatic heterocycles. The maximum atomic E-state index is 11.9. The third kappa shape index (κ3) is 4.75. The molecule has 0 saturated heterocycles. The molecule has 1 amide bonds. The first-order chi connectivity index (χ1) is 7.54. The smallest absolute Gasteiger partial charge is 0.251 e. The minimum absolute atomic E-state index is 0. The van der Waals surface area contributed by atoms with Crippen molar-refractivity contribution in [2.75, 3.05) is 13.1 Å². The Bertz CT molecular complexity index is 380. The summed E-state index contributed by atoms with van der Waals surface area (Å²) in [6.07, 6.45) is 0. The van der Waals surface area contributed by atoms with Crippen LogP contribution in [0.5, 0.6) is 0 Å². The van der Waals surface area contributed by atoms with E-state index in [1.165, 1.54) is 0 Å². The van der Waals surface area contributed by atoms with Gasteiger partial charge in [-0.05, 0) is 37.9 Å². The highest BCUT2D eigenvalue weighted by Gasteiger charge is 2.09. The van der Waals surface area contributed by atoms with Crippen molar-refractivity contribution in [3.8, 4) is 0 Å². The van der Waals surface area contributed by atoms with E-state index < -0.39 is 0 Å². The number of carbonyl (C=O) groups excluding carboxylic acids is 1. The first kappa shape index (κ1) is 15.9. The summed E-state index contributed by atoms with van der Waals surface area (Å²) in [4.78, 5) is 11.9. The Labute approximate surface area is 109 Å². The minimum atomic E-state index is -0.0125. The van der Waals surface area contributed by atoms with Crippen LogP contribution in [-0.2, 0) is 0 Å². The van der Waals surface area contributed by atoms with E-state index in [2.05, 4.69) is 5.32 Å². The van der Waals surface area contributed by atoms with Crippen LogP contribution in [0.4, 0.5) is 0 Å². The van der Waals surface area contributed by atoms with Crippen LogP contribution in [0.3, 0.4) is 0 Å². The number of hydrogen-bond donors (Lipinski definition) is 2. The number of amides is 1. The molecule has 0 radical (unpaired) electrons. The van der Waals surface area contributed by atoms with E-state index in [4.69, 9.17) is 5.73 Å². The predicted molar refractivity (Wildman–Crippen MR) is 73.7 cm³/mol. The molecule has 4 heteroatoms.